The highest BCUT2D eigenvalue weighted by Crippen LogP contribution is 2.31. The van der Waals surface area contributed by atoms with E-state index in [1.54, 1.807) is 42.5 Å². The molecule has 0 saturated carbocycles. The van der Waals surface area contributed by atoms with E-state index in [0.717, 1.165) is 17.7 Å². The number of alkyl carbamates (subject to hydrolysis) is 1. The number of nitrogens with zero attached hydrogens (tertiary/aromatic N) is 1. The monoisotopic (exact) mass is 551 g/mol. The molecule has 2 aliphatic heterocycles. The fraction of sp³-hybridized carbons (Fsp3) is 0.241. The highest BCUT2D eigenvalue weighted by atomic mass is 19.4. The molecule has 5 rings (SSSR count). The van der Waals surface area contributed by atoms with Crippen LogP contribution in [0.4, 0.5) is 18.0 Å². The molecule has 0 aromatic heterocycles. The summed E-state index contributed by atoms with van der Waals surface area (Å²) in [4.78, 5) is 50.4. The Labute approximate surface area is 227 Å². The van der Waals surface area contributed by atoms with Gasteiger partial charge in [-0.1, -0.05) is 42.5 Å². The van der Waals surface area contributed by atoms with Crippen LogP contribution in [0.25, 0.3) is 11.1 Å². The SMILES string of the molecule is O=C1CCC(N2Cc3ccc(CNC(=O)OCc4cccc(-c5ccc(C(F)(F)F)cc5)c4)cc3C2=O)C(=O)N1. The van der Waals surface area contributed by atoms with Crippen molar-refractivity contribution in [2.24, 2.45) is 0 Å². The number of imide groups is 1. The predicted molar refractivity (Wildman–Crippen MR) is 136 cm³/mol. The van der Waals surface area contributed by atoms with Crippen LogP contribution in [0.5, 0.6) is 0 Å². The number of carbonyl (C=O) groups is 4. The van der Waals surface area contributed by atoms with Gasteiger partial charge in [0.15, 0.2) is 0 Å². The van der Waals surface area contributed by atoms with E-state index in [1.807, 2.05) is 0 Å². The van der Waals surface area contributed by atoms with Gasteiger partial charge in [-0.25, -0.2) is 4.79 Å². The standard InChI is InChI=1S/C29H24F3N3O5/c30-29(31,32)22-8-6-19(7-9-22)20-3-1-2-18(12-20)16-40-28(39)33-14-17-4-5-21-15-35(27(38)23(21)13-17)24-10-11-25(36)34-26(24)37/h1-9,12-13,24H,10-11,14-16H2,(H,33,39)(H,34,36,37). The van der Waals surface area contributed by atoms with Gasteiger partial charge in [-0.2, -0.15) is 13.2 Å². The topological polar surface area (TPSA) is 105 Å². The minimum absolute atomic E-state index is 0.0517. The normalized spacial score (nSPS) is 16.9. The quantitative estimate of drug-likeness (QED) is 0.437. The van der Waals surface area contributed by atoms with Crippen molar-refractivity contribution in [3.63, 3.8) is 0 Å². The Morgan fingerprint density at radius 3 is 2.48 bits per heavy atom. The lowest BCUT2D eigenvalue weighted by Crippen LogP contribution is -2.52. The first-order valence-electron chi connectivity index (χ1n) is 12.5. The fourth-order valence-corrected chi connectivity index (χ4v) is 4.78. The summed E-state index contributed by atoms with van der Waals surface area (Å²) in [6.45, 7) is 0.315. The molecule has 1 unspecified atom stereocenters. The largest absolute Gasteiger partial charge is 0.445 e. The average molecular weight is 552 g/mol. The Morgan fingerprint density at radius 2 is 1.75 bits per heavy atom. The minimum atomic E-state index is -4.41. The van der Waals surface area contributed by atoms with Crippen LogP contribution in [-0.2, 0) is 40.2 Å². The van der Waals surface area contributed by atoms with E-state index in [1.165, 1.54) is 17.0 Å². The van der Waals surface area contributed by atoms with Crippen LogP contribution in [0.1, 0.15) is 45.5 Å². The third kappa shape index (κ3) is 5.83. The van der Waals surface area contributed by atoms with Crippen molar-refractivity contribution in [3.05, 3.63) is 94.5 Å². The maximum Gasteiger partial charge on any atom is 0.416 e. The van der Waals surface area contributed by atoms with Crippen LogP contribution < -0.4 is 10.6 Å². The number of halogens is 3. The molecule has 1 atom stereocenters. The van der Waals surface area contributed by atoms with Crippen LogP contribution in [-0.4, -0.2) is 34.8 Å². The van der Waals surface area contributed by atoms with Crippen LogP contribution in [0.3, 0.4) is 0 Å². The van der Waals surface area contributed by atoms with Crippen molar-refractivity contribution in [2.75, 3.05) is 0 Å². The van der Waals surface area contributed by atoms with Gasteiger partial charge in [0.2, 0.25) is 11.8 Å². The molecule has 3 aromatic carbocycles. The molecule has 8 nitrogen and oxygen atoms in total. The second-order valence-electron chi connectivity index (χ2n) is 9.60. The van der Waals surface area contributed by atoms with E-state index in [0.29, 0.717) is 27.8 Å². The zero-order valence-electron chi connectivity index (χ0n) is 21.1. The molecule has 206 valence electrons. The van der Waals surface area contributed by atoms with Crippen LogP contribution in [0, 0.1) is 0 Å². The average Bonchev–Trinajstić information content (AvgIpc) is 3.26. The molecule has 0 spiro atoms. The zero-order chi connectivity index (χ0) is 28.4. The molecule has 1 fully saturated rings. The van der Waals surface area contributed by atoms with Gasteiger partial charge in [0.05, 0.1) is 5.56 Å². The van der Waals surface area contributed by atoms with Gasteiger partial charge in [0.25, 0.3) is 5.91 Å². The lowest BCUT2D eigenvalue weighted by Gasteiger charge is -2.29. The first-order chi connectivity index (χ1) is 19.1. The molecule has 0 aliphatic carbocycles. The Hall–Kier alpha value is -4.67. The van der Waals surface area contributed by atoms with E-state index in [2.05, 4.69) is 10.6 Å². The van der Waals surface area contributed by atoms with E-state index in [4.69, 9.17) is 4.74 Å². The molecular weight excluding hydrogens is 527 g/mol. The molecule has 2 aliphatic rings. The number of ether oxygens (including phenoxy) is 1. The second kappa shape index (κ2) is 10.8. The van der Waals surface area contributed by atoms with Crippen molar-refractivity contribution >= 4 is 23.8 Å². The molecule has 3 aromatic rings. The molecule has 1 saturated heterocycles. The van der Waals surface area contributed by atoms with E-state index >= 15 is 0 Å². The highest BCUT2D eigenvalue weighted by Gasteiger charge is 2.39. The van der Waals surface area contributed by atoms with Gasteiger partial charge < -0.3 is 15.0 Å². The smallest absolute Gasteiger partial charge is 0.416 e. The van der Waals surface area contributed by atoms with Crippen molar-refractivity contribution in [3.8, 4) is 11.1 Å². The number of rotatable bonds is 6. The molecule has 40 heavy (non-hydrogen) atoms. The summed E-state index contributed by atoms with van der Waals surface area (Å²) in [5.41, 5.74) is 3.08. The number of piperidine rings is 1. The first-order valence-corrected chi connectivity index (χ1v) is 12.5. The van der Waals surface area contributed by atoms with Crippen LogP contribution in [0.2, 0.25) is 0 Å². The molecule has 11 heteroatoms. The summed E-state index contributed by atoms with van der Waals surface area (Å²) in [7, 11) is 0. The second-order valence-corrected chi connectivity index (χ2v) is 9.60. The maximum absolute atomic E-state index is 13.0. The van der Waals surface area contributed by atoms with Gasteiger partial charge in [0.1, 0.15) is 12.6 Å². The zero-order valence-corrected chi connectivity index (χ0v) is 21.1. The first kappa shape index (κ1) is 26.9. The Kier molecular flexibility index (Phi) is 7.29. The van der Waals surface area contributed by atoms with Gasteiger partial charge in [-0.15, -0.1) is 0 Å². The van der Waals surface area contributed by atoms with Gasteiger partial charge in [0, 0.05) is 25.1 Å². The highest BCUT2D eigenvalue weighted by molar-refractivity contribution is 6.05. The lowest BCUT2D eigenvalue weighted by molar-refractivity contribution is -0.138. The number of amides is 4. The van der Waals surface area contributed by atoms with Crippen molar-refractivity contribution in [1.29, 1.82) is 0 Å². The van der Waals surface area contributed by atoms with Gasteiger partial charge in [-0.3, -0.25) is 19.7 Å². The Balaban J connectivity index is 1.15. The minimum Gasteiger partial charge on any atom is -0.445 e. The van der Waals surface area contributed by atoms with Gasteiger partial charge >= 0.3 is 12.3 Å². The molecule has 2 heterocycles. The number of fused-ring (bicyclic) bond motifs is 1. The summed E-state index contributed by atoms with van der Waals surface area (Å²) < 4.78 is 43.8. The van der Waals surface area contributed by atoms with E-state index in [-0.39, 0.29) is 44.4 Å². The summed E-state index contributed by atoms with van der Waals surface area (Å²) in [6, 6.07) is 16.3. The maximum atomic E-state index is 13.0. The summed E-state index contributed by atoms with van der Waals surface area (Å²) in [5.74, 6) is -1.13. The predicted octanol–water partition coefficient (Wildman–Crippen LogP) is 4.56. The van der Waals surface area contributed by atoms with Crippen LogP contribution in [0.15, 0.2) is 66.7 Å². The Morgan fingerprint density at radius 1 is 0.975 bits per heavy atom. The third-order valence-corrected chi connectivity index (χ3v) is 6.87. The number of hydrogen-bond donors (Lipinski definition) is 2. The molecule has 0 radical (unpaired) electrons. The van der Waals surface area contributed by atoms with Crippen molar-refractivity contribution in [2.45, 2.75) is 44.8 Å². The van der Waals surface area contributed by atoms with E-state index < -0.39 is 29.8 Å². The Bertz CT molecular complexity index is 1490. The van der Waals surface area contributed by atoms with Crippen molar-refractivity contribution < 1.29 is 37.1 Å². The molecule has 0 bridgehead atoms. The van der Waals surface area contributed by atoms with Crippen molar-refractivity contribution in [1.82, 2.24) is 15.5 Å². The summed E-state index contributed by atoms with van der Waals surface area (Å²) >= 11 is 0. The number of benzene rings is 3. The summed E-state index contributed by atoms with van der Waals surface area (Å²) in [6.07, 6.45) is -4.64. The number of alkyl halides is 3. The molecule has 4 amide bonds. The number of hydrogen-bond acceptors (Lipinski definition) is 5. The van der Waals surface area contributed by atoms with Crippen LogP contribution >= 0.6 is 0 Å². The fourth-order valence-electron chi connectivity index (χ4n) is 4.78. The molecular formula is C29H24F3N3O5. The lowest BCUT2D eigenvalue weighted by atomic mass is 10.0. The van der Waals surface area contributed by atoms with Gasteiger partial charge in [-0.05, 0) is 58.5 Å². The molecule has 2 N–H and O–H groups in total. The van der Waals surface area contributed by atoms with E-state index in [9.17, 15) is 32.3 Å². The number of carbonyl (C=O) groups excluding carboxylic acids is 4. The third-order valence-electron chi connectivity index (χ3n) is 6.87. The number of nitrogens with one attached hydrogen (secondary N) is 2. The summed E-state index contributed by atoms with van der Waals surface area (Å²) in [5, 5.41) is 4.90.